The Balaban J connectivity index is 1.42. The normalized spacial score (nSPS) is 18.9. The molecule has 2 aliphatic heterocycles. The number of amides is 2. The standard InChI is InChI=1S/C21H23N5O4/c1-15(27)24-12-6-16-4-2-3-5-18(16)19(24)14-21(28)23-10-7-17(8-11-23)25-13-9-20(22-25)26(29)30/h2-6,9,12-13,17,19H,7-8,10-11,14H2,1H3/t19-/m0/s1. The quantitative estimate of drug-likeness (QED) is 0.571. The van der Waals surface area contributed by atoms with E-state index in [1.807, 2.05) is 35.2 Å². The summed E-state index contributed by atoms with van der Waals surface area (Å²) in [4.78, 5) is 38.9. The minimum atomic E-state index is -0.508. The van der Waals surface area contributed by atoms with Crippen molar-refractivity contribution in [2.24, 2.45) is 0 Å². The second kappa shape index (κ2) is 8.10. The highest BCUT2D eigenvalue weighted by atomic mass is 16.6. The molecular formula is C21H23N5O4. The Morgan fingerprint density at radius 3 is 2.60 bits per heavy atom. The van der Waals surface area contributed by atoms with Crippen LogP contribution in [-0.4, -0.2) is 49.4 Å². The Labute approximate surface area is 173 Å². The van der Waals surface area contributed by atoms with Gasteiger partial charge in [-0.05, 0) is 35.0 Å². The van der Waals surface area contributed by atoms with E-state index in [0.717, 1.165) is 11.1 Å². The third-order valence-electron chi connectivity index (χ3n) is 5.81. The van der Waals surface area contributed by atoms with Crippen molar-refractivity contribution in [2.75, 3.05) is 13.1 Å². The largest absolute Gasteiger partial charge is 0.389 e. The van der Waals surface area contributed by atoms with Crippen LogP contribution in [0.15, 0.2) is 42.7 Å². The average molecular weight is 409 g/mol. The fourth-order valence-corrected chi connectivity index (χ4v) is 4.22. The summed E-state index contributed by atoms with van der Waals surface area (Å²) >= 11 is 0. The van der Waals surface area contributed by atoms with Crippen molar-refractivity contribution in [1.29, 1.82) is 0 Å². The lowest BCUT2D eigenvalue weighted by Crippen LogP contribution is -2.41. The number of fused-ring (bicyclic) bond motifs is 1. The Morgan fingerprint density at radius 2 is 1.93 bits per heavy atom. The molecule has 2 aromatic rings. The molecule has 2 aliphatic rings. The monoisotopic (exact) mass is 409 g/mol. The highest BCUT2D eigenvalue weighted by Crippen LogP contribution is 2.34. The molecule has 2 amide bonds. The third-order valence-corrected chi connectivity index (χ3v) is 5.81. The Hall–Kier alpha value is -3.49. The smallest absolute Gasteiger partial charge is 0.358 e. The lowest BCUT2D eigenvalue weighted by atomic mass is 9.93. The second-order valence-electron chi connectivity index (χ2n) is 7.61. The fraction of sp³-hybridized carbons (Fsp3) is 0.381. The molecule has 1 aromatic heterocycles. The zero-order valence-electron chi connectivity index (χ0n) is 16.7. The van der Waals surface area contributed by atoms with Crippen molar-refractivity contribution in [3.05, 3.63) is 64.0 Å². The Morgan fingerprint density at radius 1 is 1.20 bits per heavy atom. The van der Waals surface area contributed by atoms with E-state index in [9.17, 15) is 19.7 Å². The maximum Gasteiger partial charge on any atom is 0.389 e. The predicted molar refractivity (Wildman–Crippen MR) is 109 cm³/mol. The SMILES string of the molecule is CC(=O)N1C=Cc2ccccc2[C@@H]1CC(=O)N1CCC(n2ccc([N+](=O)[O-])n2)CC1. The number of carbonyl (C=O) groups is 2. The first kappa shape index (κ1) is 19.8. The molecule has 1 saturated heterocycles. The number of hydrogen-bond acceptors (Lipinski definition) is 5. The van der Waals surface area contributed by atoms with Gasteiger partial charge in [-0.2, -0.15) is 4.68 Å². The van der Waals surface area contributed by atoms with Gasteiger partial charge >= 0.3 is 5.82 Å². The molecule has 9 heteroatoms. The summed E-state index contributed by atoms with van der Waals surface area (Å²) in [6, 6.07) is 8.91. The Bertz CT molecular complexity index is 1010. The van der Waals surface area contributed by atoms with Gasteiger partial charge in [0.25, 0.3) is 0 Å². The maximum atomic E-state index is 13.0. The van der Waals surface area contributed by atoms with Crippen LogP contribution in [0.4, 0.5) is 5.82 Å². The molecular weight excluding hydrogens is 386 g/mol. The highest BCUT2D eigenvalue weighted by molar-refractivity contribution is 5.82. The first-order valence-electron chi connectivity index (χ1n) is 9.97. The van der Waals surface area contributed by atoms with Gasteiger partial charge in [0.2, 0.25) is 11.8 Å². The number of benzene rings is 1. The van der Waals surface area contributed by atoms with E-state index >= 15 is 0 Å². The van der Waals surface area contributed by atoms with Gasteiger partial charge in [-0.25, -0.2) is 0 Å². The van der Waals surface area contributed by atoms with Crippen molar-refractivity contribution >= 4 is 23.7 Å². The van der Waals surface area contributed by atoms with E-state index in [-0.39, 0.29) is 36.1 Å². The molecule has 3 heterocycles. The minimum absolute atomic E-state index is 0.00116. The fourth-order valence-electron chi connectivity index (χ4n) is 4.22. The van der Waals surface area contributed by atoms with Crippen LogP contribution in [-0.2, 0) is 9.59 Å². The average Bonchev–Trinajstić information content (AvgIpc) is 3.24. The van der Waals surface area contributed by atoms with Crippen molar-refractivity contribution in [3.8, 4) is 0 Å². The first-order valence-corrected chi connectivity index (χ1v) is 9.97. The van der Waals surface area contributed by atoms with Gasteiger partial charge in [0.15, 0.2) is 0 Å². The van der Waals surface area contributed by atoms with Crippen LogP contribution in [0.3, 0.4) is 0 Å². The topological polar surface area (TPSA) is 102 Å². The molecule has 1 fully saturated rings. The lowest BCUT2D eigenvalue weighted by molar-refractivity contribution is -0.389. The molecule has 156 valence electrons. The van der Waals surface area contributed by atoms with Crippen LogP contribution in [0.2, 0.25) is 0 Å². The molecule has 0 aliphatic carbocycles. The number of hydrogen-bond donors (Lipinski definition) is 0. The highest BCUT2D eigenvalue weighted by Gasteiger charge is 2.32. The number of rotatable bonds is 4. The second-order valence-corrected chi connectivity index (χ2v) is 7.61. The predicted octanol–water partition coefficient (Wildman–Crippen LogP) is 2.92. The molecule has 0 unspecified atom stereocenters. The maximum absolute atomic E-state index is 13.0. The number of nitro groups is 1. The molecule has 0 radical (unpaired) electrons. The van der Waals surface area contributed by atoms with E-state index in [0.29, 0.717) is 25.9 Å². The number of piperidine rings is 1. The van der Waals surface area contributed by atoms with Crippen LogP contribution < -0.4 is 0 Å². The van der Waals surface area contributed by atoms with Crippen LogP contribution in [0, 0.1) is 10.1 Å². The van der Waals surface area contributed by atoms with Crippen molar-refractivity contribution in [2.45, 2.75) is 38.3 Å². The van der Waals surface area contributed by atoms with E-state index < -0.39 is 4.92 Å². The molecule has 9 nitrogen and oxygen atoms in total. The molecule has 0 spiro atoms. The van der Waals surface area contributed by atoms with Crippen LogP contribution in [0.5, 0.6) is 0 Å². The molecule has 1 aromatic carbocycles. The minimum Gasteiger partial charge on any atom is -0.358 e. The van der Waals surface area contributed by atoms with Crippen LogP contribution >= 0.6 is 0 Å². The zero-order valence-corrected chi connectivity index (χ0v) is 16.7. The van der Waals surface area contributed by atoms with Crippen molar-refractivity contribution < 1.29 is 14.5 Å². The summed E-state index contributed by atoms with van der Waals surface area (Å²) in [5.74, 6) is -0.263. The van der Waals surface area contributed by atoms with Gasteiger partial charge in [0.1, 0.15) is 0 Å². The molecule has 1 atom stereocenters. The molecule has 0 N–H and O–H groups in total. The molecule has 0 bridgehead atoms. The summed E-state index contributed by atoms with van der Waals surface area (Å²) in [7, 11) is 0. The van der Waals surface area contributed by atoms with Crippen LogP contribution in [0.25, 0.3) is 6.08 Å². The van der Waals surface area contributed by atoms with Gasteiger partial charge in [-0.15, -0.1) is 0 Å². The van der Waals surface area contributed by atoms with Gasteiger partial charge in [-0.1, -0.05) is 24.3 Å². The zero-order chi connectivity index (χ0) is 21.3. The van der Waals surface area contributed by atoms with Gasteiger partial charge < -0.3 is 19.9 Å². The lowest BCUT2D eigenvalue weighted by Gasteiger charge is -2.36. The number of carbonyl (C=O) groups excluding carboxylic acids is 2. The number of aromatic nitrogens is 2. The summed E-state index contributed by atoms with van der Waals surface area (Å²) in [5, 5.41) is 14.8. The van der Waals surface area contributed by atoms with E-state index in [4.69, 9.17) is 0 Å². The number of likely N-dealkylation sites (tertiary alicyclic amines) is 1. The van der Waals surface area contributed by atoms with Gasteiger partial charge in [0.05, 0.1) is 35.9 Å². The molecule has 30 heavy (non-hydrogen) atoms. The van der Waals surface area contributed by atoms with Crippen LogP contribution in [0.1, 0.15) is 49.4 Å². The number of nitrogens with zero attached hydrogens (tertiary/aromatic N) is 5. The summed E-state index contributed by atoms with van der Waals surface area (Å²) in [6.07, 6.45) is 6.85. The third kappa shape index (κ3) is 3.83. The van der Waals surface area contributed by atoms with Crippen molar-refractivity contribution in [1.82, 2.24) is 19.6 Å². The summed E-state index contributed by atoms with van der Waals surface area (Å²) in [5.41, 5.74) is 1.99. The van der Waals surface area contributed by atoms with E-state index in [1.165, 1.54) is 13.0 Å². The first-order chi connectivity index (χ1) is 14.4. The van der Waals surface area contributed by atoms with E-state index in [2.05, 4.69) is 5.10 Å². The van der Waals surface area contributed by atoms with Gasteiger partial charge in [0, 0.05) is 26.2 Å². The van der Waals surface area contributed by atoms with E-state index in [1.54, 1.807) is 22.0 Å². The molecule has 0 saturated carbocycles. The van der Waals surface area contributed by atoms with Crippen molar-refractivity contribution in [3.63, 3.8) is 0 Å². The summed E-state index contributed by atoms with van der Waals surface area (Å²) < 4.78 is 1.62. The Kier molecular flexibility index (Phi) is 5.35. The summed E-state index contributed by atoms with van der Waals surface area (Å²) in [6.45, 7) is 2.62. The molecule has 4 rings (SSSR count). The van der Waals surface area contributed by atoms with Gasteiger partial charge in [-0.3, -0.25) is 9.59 Å².